The van der Waals surface area contributed by atoms with Crippen LogP contribution in [0.25, 0.3) is 0 Å². The molecule has 6 heteroatoms. The van der Waals surface area contributed by atoms with Gasteiger partial charge in [0.05, 0.1) is 0 Å². The summed E-state index contributed by atoms with van der Waals surface area (Å²) in [5.74, 6) is -3.38. The van der Waals surface area contributed by atoms with Crippen LogP contribution in [0.1, 0.15) is 49.8 Å². The molecule has 170 valence electrons. The van der Waals surface area contributed by atoms with Gasteiger partial charge in [-0.05, 0) is 66.8 Å². The third-order valence-corrected chi connectivity index (χ3v) is 5.14. The Morgan fingerprint density at radius 2 is 1.38 bits per heavy atom. The van der Waals surface area contributed by atoms with E-state index in [1.807, 2.05) is 6.92 Å². The van der Waals surface area contributed by atoms with E-state index in [-0.39, 0.29) is 11.5 Å². The van der Waals surface area contributed by atoms with Gasteiger partial charge >= 0.3 is 6.11 Å². The maximum absolute atomic E-state index is 14.9. The highest BCUT2D eigenvalue weighted by Gasteiger charge is 2.42. The highest BCUT2D eigenvalue weighted by Crippen LogP contribution is 2.39. The van der Waals surface area contributed by atoms with Crippen molar-refractivity contribution in [3.05, 3.63) is 89.0 Å². The summed E-state index contributed by atoms with van der Waals surface area (Å²) in [5, 5.41) is 0. The van der Waals surface area contributed by atoms with Crippen LogP contribution in [-0.2, 0) is 19.0 Å². The van der Waals surface area contributed by atoms with Gasteiger partial charge in [-0.15, -0.1) is 0 Å². The summed E-state index contributed by atoms with van der Waals surface area (Å²) in [7, 11) is 0. The van der Waals surface area contributed by atoms with E-state index >= 15 is 0 Å². The van der Waals surface area contributed by atoms with Gasteiger partial charge in [-0.2, -0.15) is 8.78 Å². The molecule has 3 aromatic carbocycles. The summed E-state index contributed by atoms with van der Waals surface area (Å²) in [4.78, 5) is 0. The van der Waals surface area contributed by atoms with Crippen LogP contribution in [0.2, 0.25) is 0 Å². The minimum Gasteiger partial charge on any atom is -0.454 e. The molecule has 0 bridgehead atoms. The molecule has 0 aromatic heterocycles. The van der Waals surface area contributed by atoms with E-state index in [4.69, 9.17) is 9.47 Å². The SMILES string of the molecule is CCCCCc1ccc(OC(F)(F)c2c(F)ccc(Oc3ccc(CC)cc3)c2F)cc1. The number of hydrogen-bond acceptors (Lipinski definition) is 2. The number of unbranched alkanes of at least 4 members (excludes halogenated alkanes) is 2. The first-order chi connectivity index (χ1) is 15.3. The monoisotopic (exact) mass is 446 g/mol. The number of rotatable bonds is 10. The van der Waals surface area contributed by atoms with E-state index in [1.165, 1.54) is 12.1 Å². The number of aryl methyl sites for hydroxylation is 2. The Morgan fingerprint density at radius 1 is 0.750 bits per heavy atom. The van der Waals surface area contributed by atoms with Crippen LogP contribution in [0, 0.1) is 11.6 Å². The molecule has 3 aromatic rings. The molecule has 0 unspecified atom stereocenters. The Bertz CT molecular complexity index is 1020. The number of ether oxygens (including phenoxy) is 2. The molecule has 0 aliphatic heterocycles. The van der Waals surface area contributed by atoms with Gasteiger partial charge in [0, 0.05) is 0 Å². The molecule has 0 fully saturated rings. The Labute approximate surface area is 185 Å². The summed E-state index contributed by atoms with van der Waals surface area (Å²) in [6.45, 7) is 4.07. The predicted molar refractivity (Wildman–Crippen MR) is 116 cm³/mol. The number of hydrogen-bond donors (Lipinski definition) is 0. The quantitative estimate of drug-likeness (QED) is 0.231. The van der Waals surface area contributed by atoms with Crippen LogP contribution < -0.4 is 9.47 Å². The van der Waals surface area contributed by atoms with Crippen molar-refractivity contribution in [1.29, 1.82) is 0 Å². The van der Waals surface area contributed by atoms with E-state index in [9.17, 15) is 17.6 Å². The van der Waals surface area contributed by atoms with E-state index in [0.717, 1.165) is 55.4 Å². The van der Waals surface area contributed by atoms with E-state index in [2.05, 4.69) is 6.92 Å². The van der Waals surface area contributed by atoms with Gasteiger partial charge in [0.15, 0.2) is 11.6 Å². The summed E-state index contributed by atoms with van der Waals surface area (Å²) >= 11 is 0. The van der Waals surface area contributed by atoms with Crippen LogP contribution in [0.5, 0.6) is 17.2 Å². The van der Waals surface area contributed by atoms with Crippen molar-refractivity contribution in [1.82, 2.24) is 0 Å². The van der Waals surface area contributed by atoms with E-state index in [1.54, 1.807) is 36.4 Å². The van der Waals surface area contributed by atoms with Crippen LogP contribution in [-0.4, -0.2) is 0 Å². The van der Waals surface area contributed by atoms with Crippen molar-refractivity contribution in [3.8, 4) is 17.2 Å². The topological polar surface area (TPSA) is 18.5 Å². The first kappa shape index (κ1) is 23.6. The Hall–Kier alpha value is -3.02. The standard InChI is InChI=1S/C26H26F4O2/c1-3-5-6-7-19-10-14-21(15-11-19)32-26(29,30)24-22(27)16-17-23(25(24)28)31-20-12-8-18(4-2)9-13-20/h8-17H,3-7H2,1-2H3. The molecule has 0 saturated carbocycles. The predicted octanol–water partition coefficient (Wildman–Crippen LogP) is 8.18. The van der Waals surface area contributed by atoms with Crippen molar-refractivity contribution < 1.29 is 27.0 Å². The molecule has 0 aliphatic carbocycles. The molecular weight excluding hydrogens is 420 g/mol. The van der Waals surface area contributed by atoms with Gasteiger partial charge in [0.1, 0.15) is 22.9 Å². The van der Waals surface area contributed by atoms with Crippen molar-refractivity contribution in [2.75, 3.05) is 0 Å². The molecule has 0 heterocycles. The molecule has 0 saturated heterocycles. The summed E-state index contributed by atoms with van der Waals surface area (Å²) in [6, 6.07) is 14.6. The average Bonchev–Trinajstić information content (AvgIpc) is 2.77. The number of halogens is 4. The average molecular weight is 446 g/mol. The largest absolute Gasteiger partial charge is 0.454 e. The highest BCUT2D eigenvalue weighted by atomic mass is 19.3. The molecule has 3 rings (SSSR count). The van der Waals surface area contributed by atoms with Crippen molar-refractivity contribution in [3.63, 3.8) is 0 Å². The molecule has 0 amide bonds. The van der Waals surface area contributed by atoms with Crippen LogP contribution >= 0.6 is 0 Å². The fourth-order valence-electron chi connectivity index (χ4n) is 3.30. The summed E-state index contributed by atoms with van der Waals surface area (Å²) in [6.07, 6.45) is 0.555. The number of benzene rings is 3. The minimum atomic E-state index is -4.23. The maximum Gasteiger partial charge on any atom is 0.432 e. The van der Waals surface area contributed by atoms with E-state index in [0.29, 0.717) is 0 Å². The Kier molecular flexibility index (Phi) is 7.78. The highest BCUT2D eigenvalue weighted by molar-refractivity contribution is 5.39. The zero-order chi connectivity index (χ0) is 23.1. The Morgan fingerprint density at radius 3 is 2.00 bits per heavy atom. The second-order valence-electron chi connectivity index (χ2n) is 7.55. The lowest BCUT2D eigenvalue weighted by molar-refractivity contribution is -0.189. The molecule has 0 N–H and O–H groups in total. The second-order valence-corrected chi connectivity index (χ2v) is 7.55. The lowest BCUT2D eigenvalue weighted by Crippen LogP contribution is -2.25. The minimum absolute atomic E-state index is 0.186. The van der Waals surface area contributed by atoms with Gasteiger partial charge in [0.25, 0.3) is 0 Å². The zero-order valence-electron chi connectivity index (χ0n) is 18.1. The molecule has 32 heavy (non-hydrogen) atoms. The number of alkyl halides is 2. The first-order valence-electron chi connectivity index (χ1n) is 10.7. The van der Waals surface area contributed by atoms with E-state index < -0.39 is 29.1 Å². The molecule has 0 spiro atoms. The van der Waals surface area contributed by atoms with Gasteiger partial charge in [-0.25, -0.2) is 8.78 Å². The third-order valence-electron chi connectivity index (χ3n) is 5.14. The lowest BCUT2D eigenvalue weighted by Gasteiger charge is -2.20. The fraction of sp³-hybridized carbons (Fsp3) is 0.308. The summed E-state index contributed by atoms with van der Waals surface area (Å²) in [5.41, 5.74) is 0.525. The maximum atomic E-state index is 14.9. The molecule has 2 nitrogen and oxygen atoms in total. The van der Waals surface area contributed by atoms with Gasteiger partial charge in [-0.1, -0.05) is 51.0 Å². The van der Waals surface area contributed by atoms with Gasteiger partial charge < -0.3 is 9.47 Å². The fourth-order valence-corrected chi connectivity index (χ4v) is 3.30. The zero-order valence-corrected chi connectivity index (χ0v) is 18.1. The lowest BCUT2D eigenvalue weighted by atomic mass is 10.1. The first-order valence-corrected chi connectivity index (χ1v) is 10.7. The third kappa shape index (κ3) is 5.81. The van der Waals surface area contributed by atoms with Crippen molar-refractivity contribution >= 4 is 0 Å². The van der Waals surface area contributed by atoms with Crippen LogP contribution in [0.15, 0.2) is 60.7 Å². The summed E-state index contributed by atoms with van der Waals surface area (Å²) < 4.78 is 68.7. The molecular formula is C26H26F4O2. The van der Waals surface area contributed by atoms with Crippen LogP contribution in [0.4, 0.5) is 17.6 Å². The smallest absolute Gasteiger partial charge is 0.432 e. The molecule has 0 atom stereocenters. The Balaban J connectivity index is 1.79. The normalized spacial score (nSPS) is 11.4. The van der Waals surface area contributed by atoms with Crippen molar-refractivity contribution in [2.24, 2.45) is 0 Å². The van der Waals surface area contributed by atoms with Gasteiger partial charge in [-0.3, -0.25) is 0 Å². The molecule has 0 aliphatic rings. The molecule has 0 radical (unpaired) electrons. The van der Waals surface area contributed by atoms with Gasteiger partial charge in [0.2, 0.25) is 0 Å². The second kappa shape index (κ2) is 10.5. The van der Waals surface area contributed by atoms with Crippen LogP contribution in [0.3, 0.4) is 0 Å². The van der Waals surface area contributed by atoms with Crippen molar-refractivity contribution in [2.45, 2.75) is 52.1 Å².